The molecule has 1 saturated carbocycles. The number of hydrogen-bond acceptors (Lipinski definition) is 6. The molecule has 0 radical (unpaired) electrons. The van der Waals surface area contributed by atoms with Gasteiger partial charge in [0.2, 0.25) is 11.8 Å². The third kappa shape index (κ3) is 6.01. The van der Waals surface area contributed by atoms with Crippen molar-refractivity contribution in [1.82, 2.24) is 4.90 Å². The Labute approximate surface area is 169 Å². The topological polar surface area (TPSA) is 144 Å². The van der Waals surface area contributed by atoms with Crippen LogP contribution in [0.2, 0.25) is 0 Å². The fourth-order valence-electron chi connectivity index (χ4n) is 3.81. The van der Waals surface area contributed by atoms with E-state index in [4.69, 9.17) is 20.4 Å². The number of nitrogens with two attached hydrogens (primary N) is 1. The summed E-state index contributed by atoms with van der Waals surface area (Å²) in [4.78, 5) is 34.7. The minimum absolute atomic E-state index is 0.0412. The lowest BCUT2D eigenvalue weighted by Crippen LogP contribution is -2.57. The molecule has 1 aromatic carbocycles. The van der Waals surface area contributed by atoms with E-state index in [0.717, 1.165) is 18.2 Å². The summed E-state index contributed by atoms with van der Waals surface area (Å²) in [7, 11) is -3.25. The maximum absolute atomic E-state index is 12.8. The summed E-state index contributed by atoms with van der Waals surface area (Å²) < 4.78 is 28.8. The summed E-state index contributed by atoms with van der Waals surface area (Å²) >= 11 is 0. The van der Waals surface area contributed by atoms with Crippen LogP contribution in [0.15, 0.2) is 29.2 Å². The van der Waals surface area contributed by atoms with E-state index in [1.54, 1.807) is 17.0 Å². The zero-order valence-electron chi connectivity index (χ0n) is 16.2. The van der Waals surface area contributed by atoms with E-state index in [-0.39, 0.29) is 47.7 Å². The number of amides is 2. The summed E-state index contributed by atoms with van der Waals surface area (Å²) in [6, 6.07) is 6.24. The fourth-order valence-corrected chi connectivity index (χ4v) is 4.44. The fraction of sp³-hybridized carbons (Fsp3) is 0.526. The molecule has 2 fully saturated rings. The van der Waals surface area contributed by atoms with Gasteiger partial charge < -0.3 is 20.5 Å². The zero-order valence-corrected chi connectivity index (χ0v) is 17.0. The second-order valence-electron chi connectivity index (χ2n) is 7.17. The third-order valence-corrected chi connectivity index (χ3v) is 6.38. The molecule has 1 aliphatic carbocycles. The van der Waals surface area contributed by atoms with Gasteiger partial charge in [0, 0.05) is 18.7 Å². The van der Waals surface area contributed by atoms with Gasteiger partial charge in [0.25, 0.3) is 6.47 Å². The number of benzene rings is 1. The van der Waals surface area contributed by atoms with Gasteiger partial charge in [-0.3, -0.25) is 14.4 Å². The van der Waals surface area contributed by atoms with Gasteiger partial charge in [-0.15, -0.1) is 0 Å². The highest BCUT2D eigenvalue weighted by molar-refractivity contribution is 7.90. The lowest BCUT2D eigenvalue weighted by molar-refractivity contribution is -0.153. The summed E-state index contributed by atoms with van der Waals surface area (Å²) in [6.45, 7) is 0.730. The number of sulfone groups is 1. The van der Waals surface area contributed by atoms with Gasteiger partial charge in [0.15, 0.2) is 9.84 Å². The SMILES string of the molecule is CS(=O)(=O)c1ccc(CC(=O)N2CCO[C@@H]3CC[C@H](C(N)=O)C[C@H]32)cc1.O=CO. The predicted molar refractivity (Wildman–Crippen MR) is 104 cm³/mol. The molecule has 0 aromatic heterocycles. The first kappa shape index (κ1) is 22.8. The normalized spacial score (nSPS) is 23.9. The molecule has 9 nitrogen and oxygen atoms in total. The maximum Gasteiger partial charge on any atom is 0.290 e. The number of rotatable bonds is 4. The molecule has 160 valence electrons. The number of carbonyl (C=O) groups excluding carboxylic acids is 2. The molecule has 2 aliphatic rings. The van der Waals surface area contributed by atoms with Crippen LogP contribution in [0.1, 0.15) is 24.8 Å². The van der Waals surface area contributed by atoms with Crippen molar-refractivity contribution in [3.63, 3.8) is 0 Å². The Balaban J connectivity index is 0.000000941. The molecule has 1 aliphatic heterocycles. The highest BCUT2D eigenvalue weighted by Gasteiger charge is 2.41. The smallest absolute Gasteiger partial charge is 0.290 e. The number of ether oxygens (including phenoxy) is 1. The highest BCUT2D eigenvalue weighted by atomic mass is 32.2. The minimum atomic E-state index is -3.25. The Kier molecular flexibility index (Phi) is 7.74. The van der Waals surface area contributed by atoms with Crippen molar-refractivity contribution >= 4 is 28.1 Å². The van der Waals surface area contributed by atoms with E-state index in [0.29, 0.717) is 26.0 Å². The van der Waals surface area contributed by atoms with E-state index >= 15 is 0 Å². The van der Waals surface area contributed by atoms with Crippen molar-refractivity contribution in [1.29, 1.82) is 0 Å². The van der Waals surface area contributed by atoms with Gasteiger partial charge in [-0.2, -0.15) is 0 Å². The minimum Gasteiger partial charge on any atom is -0.483 e. The first-order valence-corrected chi connectivity index (χ1v) is 11.1. The molecule has 10 heteroatoms. The highest BCUT2D eigenvalue weighted by Crippen LogP contribution is 2.32. The standard InChI is InChI=1S/C18H24N2O5S.CH2O2/c1-26(23,24)14-5-2-12(3-6-14)10-17(21)20-8-9-25-16-7-4-13(18(19)22)11-15(16)20;2-1-3/h2-3,5-6,13,15-16H,4,7-11H2,1H3,(H2,19,22);1H,(H,2,3)/t13-,15+,16+;/m0./s1. The molecular formula is C19H26N2O7S. The summed E-state index contributed by atoms with van der Waals surface area (Å²) in [5, 5.41) is 6.89. The maximum atomic E-state index is 12.8. The van der Waals surface area contributed by atoms with Crippen molar-refractivity contribution in [2.75, 3.05) is 19.4 Å². The first-order valence-electron chi connectivity index (χ1n) is 9.24. The number of carboxylic acid groups (broad SMARTS) is 1. The average molecular weight is 426 g/mol. The zero-order chi connectivity index (χ0) is 21.6. The second kappa shape index (κ2) is 9.84. The van der Waals surface area contributed by atoms with E-state index in [9.17, 15) is 18.0 Å². The molecule has 1 heterocycles. The molecular weight excluding hydrogens is 400 g/mol. The van der Waals surface area contributed by atoms with Crippen LogP contribution in [-0.2, 0) is 35.4 Å². The second-order valence-corrected chi connectivity index (χ2v) is 9.19. The van der Waals surface area contributed by atoms with Gasteiger partial charge in [-0.25, -0.2) is 8.42 Å². The van der Waals surface area contributed by atoms with E-state index in [2.05, 4.69) is 0 Å². The summed E-state index contributed by atoms with van der Waals surface area (Å²) in [5.74, 6) is -0.583. The molecule has 0 unspecified atom stereocenters. The number of fused-ring (bicyclic) bond motifs is 1. The molecule has 29 heavy (non-hydrogen) atoms. The lowest BCUT2D eigenvalue weighted by atomic mass is 9.81. The Morgan fingerprint density at radius 1 is 1.28 bits per heavy atom. The molecule has 3 rings (SSSR count). The van der Waals surface area contributed by atoms with Crippen molar-refractivity contribution < 1.29 is 32.6 Å². The van der Waals surface area contributed by atoms with Crippen LogP contribution in [0, 0.1) is 5.92 Å². The molecule has 3 N–H and O–H groups in total. The van der Waals surface area contributed by atoms with Gasteiger partial charge >= 0.3 is 0 Å². The largest absolute Gasteiger partial charge is 0.483 e. The molecule has 0 bridgehead atoms. The predicted octanol–water partition coefficient (Wildman–Crippen LogP) is 0.215. The van der Waals surface area contributed by atoms with Crippen molar-refractivity contribution in [2.24, 2.45) is 11.7 Å². The van der Waals surface area contributed by atoms with Crippen LogP contribution in [0.25, 0.3) is 0 Å². The van der Waals surface area contributed by atoms with Crippen molar-refractivity contribution in [3.8, 4) is 0 Å². The molecule has 1 aromatic rings. The van der Waals surface area contributed by atoms with Gasteiger partial charge in [0.1, 0.15) is 0 Å². The third-order valence-electron chi connectivity index (χ3n) is 5.25. The summed E-state index contributed by atoms with van der Waals surface area (Å²) in [6.07, 6.45) is 3.26. The van der Waals surface area contributed by atoms with Gasteiger partial charge in [0.05, 0.1) is 30.1 Å². The number of carbonyl (C=O) groups is 3. The Hall–Kier alpha value is -2.46. The molecule has 0 spiro atoms. The van der Waals surface area contributed by atoms with Crippen molar-refractivity contribution in [2.45, 2.75) is 42.7 Å². The van der Waals surface area contributed by atoms with Gasteiger partial charge in [-0.05, 0) is 37.0 Å². The van der Waals surface area contributed by atoms with Crippen LogP contribution in [0.3, 0.4) is 0 Å². The number of hydrogen-bond donors (Lipinski definition) is 2. The first-order chi connectivity index (χ1) is 13.7. The van der Waals surface area contributed by atoms with E-state index in [1.165, 1.54) is 12.1 Å². The van der Waals surface area contributed by atoms with Gasteiger partial charge in [-0.1, -0.05) is 12.1 Å². The Morgan fingerprint density at radius 3 is 2.45 bits per heavy atom. The average Bonchev–Trinajstić information content (AvgIpc) is 2.67. The number of nitrogens with zero attached hydrogens (tertiary/aromatic N) is 1. The Bertz CT molecular complexity index is 839. The van der Waals surface area contributed by atoms with E-state index < -0.39 is 9.84 Å². The molecule has 2 amide bonds. The van der Waals surface area contributed by atoms with Crippen LogP contribution in [-0.4, -0.2) is 68.3 Å². The quantitative estimate of drug-likeness (QED) is 0.655. The van der Waals surface area contributed by atoms with Crippen LogP contribution < -0.4 is 5.73 Å². The number of primary amides is 1. The Morgan fingerprint density at radius 2 is 1.90 bits per heavy atom. The van der Waals surface area contributed by atoms with Crippen LogP contribution in [0.4, 0.5) is 0 Å². The lowest BCUT2D eigenvalue weighted by Gasteiger charge is -2.45. The molecule has 3 atom stereocenters. The number of morpholine rings is 1. The van der Waals surface area contributed by atoms with Crippen LogP contribution >= 0.6 is 0 Å². The van der Waals surface area contributed by atoms with E-state index in [1.807, 2.05) is 0 Å². The monoisotopic (exact) mass is 426 g/mol. The molecule has 1 saturated heterocycles. The summed E-state index contributed by atoms with van der Waals surface area (Å²) in [5.41, 5.74) is 6.21. The van der Waals surface area contributed by atoms with Crippen molar-refractivity contribution in [3.05, 3.63) is 29.8 Å². The van der Waals surface area contributed by atoms with Crippen LogP contribution in [0.5, 0.6) is 0 Å².